The molecule has 120 valence electrons. The predicted molar refractivity (Wildman–Crippen MR) is 87.9 cm³/mol. The van der Waals surface area contributed by atoms with Crippen LogP contribution in [0.2, 0.25) is 5.02 Å². The molecule has 0 fully saturated rings. The lowest BCUT2D eigenvalue weighted by Gasteiger charge is -2.24. The van der Waals surface area contributed by atoms with Crippen molar-refractivity contribution < 1.29 is 9.53 Å². The van der Waals surface area contributed by atoms with E-state index < -0.39 is 5.56 Å². The number of carbonyl (C=O) groups is 1. The summed E-state index contributed by atoms with van der Waals surface area (Å²) >= 11 is 5.82. The zero-order valence-corrected chi connectivity index (χ0v) is 13.5. The minimum atomic E-state index is -0.402. The van der Waals surface area contributed by atoms with Crippen molar-refractivity contribution in [1.29, 1.82) is 0 Å². The van der Waals surface area contributed by atoms with Crippen LogP contribution in [0.1, 0.15) is 27.6 Å². The SMILES string of the molecule is COC1CN(C(=O)c2c[nH]c(=O)c(Cl)c2)CCc2ccccc21. The monoisotopic (exact) mass is 332 g/mol. The molecule has 5 nitrogen and oxygen atoms in total. The van der Waals surface area contributed by atoms with Gasteiger partial charge < -0.3 is 14.6 Å². The lowest BCUT2D eigenvalue weighted by Crippen LogP contribution is -2.35. The predicted octanol–water partition coefficient (Wildman–Crippen LogP) is 2.41. The molecule has 0 saturated heterocycles. The third kappa shape index (κ3) is 3.16. The maximum Gasteiger partial charge on any atom is 0.266 e. The number of amides is 1. The van der Waals surface area contributed by atoms with Gasteiger partial charge in [0.25, 0.3) is 11.5 Å². The van der Waals surface area contributed by atoms with Gasteiger partial charge in [-0.2, -0.15) is 0 Å². The quantitative estimate of drug-likeness (QED) is 0.918. The van der Waals surface area contributed by atoms with E-state index in [1.54, 1.807) is 12.0 Å². The Hall–Kier alpha value is -2.11. The van der Waals surface area contributed by atoms with E-state index in [9.17, 15) is 9.59 Å². The first kappa shape index (κ1) is 15.8. The van der Waals surface area contributed by atoms with Gasteiger partial charge in [0.15, 0.2) is 0 Å². The van der Waals surface area contributed by atoms with E-state index in [0.29, 0.717) is 18.7 Å². The molecule has 0 aliphatic carbocycles. The summed E-state index contributed by atoms with van der Waals surface area (Å²) in [4.78, 5) is 28.3. The maximum absolute atomic E-state index is 12.7. The highest BCUT2D eigenvalue weighted by Gasteiger charge is 2.26. The van der Waals surface area contributed by atoms with E-state index >= 15 is 0 Å². The highest BCUT2D eigenvalue weighted by Crippen LogP contribution is 2.26. The molecule has 1 aromatic heterocycles. The summed E-state index contributed by atoms with van der Waals surface area (Å²) in [7, 11) is 1.65. The van der Waals surface area contributed by atoms with Crippen LogP contribution in [0.25, 0.3) is 0 Å². The summed E-state index contributed by atoms with van der Waals surface area (Å²) in [6.07, 6.45) is 1.99. The normalized spacial score (nSPS) is 17.5. The average molecular weight is 333 g/mol. The van der Waals surface area contributed by atoms with Gasteiger partial charge in [0.05, 0.1) is 18.2 Å². The molecule has 1 amide bonds. The van der Waals surface area contributed by atoms with Crippen LogP contribution in [0, 0.1) is 0 Å². The van der Waals surface area contributed by atoms with Crippen molar-refractivity contribution in [3.8, 4) is 0 Å². The van der Waals surface area contributed by atoms with Crippen LogP contribution in [0.3, 0.4) is 0 Å². The Balaban J connectivity index is 1.88. The summed E-state index contributed by atoms with van der Waals surface area (Å²) < 4.78 is 5.58. The molecule has 1 atom stereocenters. The smallest absolute Gasteiger partial charge is 0.266 e. The summed E-state index contributed by atoms with van der Waals surface area (Å²) in [5.74, 6) is -0.169. The molecular weight excluding hydrogens is 316 g/mol. The number of fused-ring (bicyclic) bond motifs is 1. The fourth-order valence-electron chi connectivity index (χ4n) is 2.87. The van der Waals surface area contributed by atoms with E-state index in [1.807, 2.05) is 18.2 Å². The van der Waals surface area contributed by atoms with Crippen LogP contribution < -0.4 is 5.56 Å². The number of H-pyrrole nitrogens is 1. The van der Waals surface area contributed by atoms with Gasteiger partial charge in [-0.3, -0.25) is 9.59 Å². The van der Waals surface area contributed by atoms with Crippen LogP contribution >= 0.6 is 11.6 Å². The van der Waals surface area contributed by atoms with Crippen LogP contribution in [-0.2, 0) is 11.2 Å². The van der Waals surface area contributed by atoms with Crippen molar-refractivity contribution in [2.24, 2.45) is 0 Å². The van der Waals surface area contributed by atoms with Gasteiger partial charge in [-0.05, 0) is 23.6 Å². The molecule has 0 saturated carbocycles. The number of halogens is 1. The van der Waals surface area contributed by atoms with Crippen LogP contribution in [0.5, 0.6) is 0 Å². The molecule has 1 aliphatic heterocycles. The molecule has 1 aliphatic rings. The van der Waals surface area contributed by atoms with Crippen molar-refractivity contribution in [2.45, 2.75) is 12.5 Å². The molecule has 0 bridgehead atoms. The third-order valence-electron chi connectivity index (χ3n) is 4.12. The second-order valence-electron chi connectivity index (χ2n) is 5.49. The Bertz CT molecular complexity index is 787. The molecule has 2 heterocycles. The maximum atomic E-state index is 12.7. The van der Waals surface area contributed by atoms with Crippen molar-refractivity contribution in [1.82, 2.24) is 9.88 Å². The number of ether oxygens (including phenoxy) is 1. The number of nitrogens with one attached hydrogen (secondary N) is 1. The molecule has 6 heteroatoms. The number of hydrogen-bond donors (Lipinski definition) is 1. The van der Waals surface area contributed by atoms with Gasteiger partial charge in [-0.1, -0.05) is 35.9 Å². The van der Waals surface area contributed by atoms with Gasteiger partial charge in [0.1, 0.15) is 5.02 Å². The average Bonchev–Trinajstić information content (AvgIpc) is 2.76. The van der Waals surface area contributed by atoms with Crippen molar-refractivity contribution in [3.05, 3.63) is 68.6 Å². The Morgan fingerprint density at radius 3 is 2.91 bits per heavy atom. The second kappa shape index (κ2) is 6.56. The van der Waals surface area contributed by atoms with Crippen LogP contribution in [0.4, 0.5) is 0 Å². The first-order chi connectivity index (χ1) is 11.1. The standard InChI is InChI=1S/C17H17ClN2O3/c1-23-15-10-20(7-6-11-4-2-3-5-13(11)15)17(22)12-8-14(18)16(21)19-9-12/h2-5,8-9,15H,6-7,10H2,1H3,(H,19,21). The van der Waals surface area contributed by atoms with E-state index in [2.05, 4.69) is 11.1 Å². The highest BCUT2D eigenvalue weighted by atomic mass is 35.5. The zero-order valence-electron chi connectivity index (χ0n) is 12.7. The molecule has 1 aromatic carbocycles. The fourth-order valence-corrected chi connectivity index (χ4v) is 3.04. The summed E-state index contributed by atoms with van der Waals surface area (Å²) in [5.41, 5.74) is 2.27. The number of methoxy groups -OCH3 is 1. The number of pyridine rings is 1. The minimum Gasteiger partial charge on any atom is -0.375 e. The third-order valence-corrected chi connectivity index (χ3v) is 4.40. The van der Waals surface area contributed by atoms with Crippen molar-refractivity contribution >= 4 is 17.5 Å². The van der Waals surface area contributed by atoms with Crippen LogP contribution in [0.15, 0.2) is 41.3 Å². The lowest BCUT2D eigenvalue weighted by molar-refractivity contribution is 0.0507. The van der Waals surface area contributed by atoms with Crippen molar-refractivity contribution in [2.75, 3.05) is 20.2 Å². The second-order valence-corrected chi connectivity index (χ2v) is 5.90. The van der Waals surface area contributed by atoms with E-state index in [-0.39, 0.29) is 17.0 Å². The fraction of sp³-hybridized carbons (Fsp3) is 0.294. The van der Waals surface area contributed by atoms with Gasteiger partial charge in [-0.15, -0.1) is 0 Å². The number of rotatable bonds is 2. The molecule has 0 spiro atoms. The summed E-state index contributed by atoms with van der Waals surface area (Å²) in [6, 6.07) is 9.47. The molecule has 0 radical (unpaired) electrons. The van der Waals surface area contributed by atoms with Crippen LogP contribution in [-0.4, -0.2) is 36.0 Å². The topological polar surface area (TPSA) is 62.4 Å². The number of aromatic amines is 1. The number of hydrogen-bond acceptors (Lipinski definition) is 3. The van der Waals surface area contributed by atoms with Gasteiger partial charge in [0, 0.05) is 19.9 Å². The highest BCUT2D eigenvalue weighted by molar-refractivity contribution is 6.30. The number of benzene rings is 1. The Kier molecular flexibility index (Phi) is 4.50. The van der Waals surface area contributed by atoms with E-state index in [1.165, 1.54) is 17.8 Å². The zero-order chi connectivity index (χ0) is 16.4. The van der Waals surface area contributed by atoms with Gasteiger partial charge >= 0.3 is 0 Å². The number of aromatic nitrogens is 1. The molecule has 1 unspecified atom stereocenters. The minimum absolute atomic E-state index is 0.0113. The van der Waals surface area contributed by atoms with E-state index in [0.717, 1.165) is 12.0 Å². The van der Waals surface area contributed by atoms with Gasteiger partial charge in [0.2, 0.25) is 0 Å². The molecule has 2 aromatic rings. The molecule has 23 heavy (non-hydrogen) atoms. The Morgan fingerprint density at radius 1 is 1.39 bits per heavy atom. The number of carbonyl (C=O) groups excluding carboxylic acids is 1. The molecule has 3 rings (SSSR count). The van der Waals surface area contributed by atoms with Crippen molar-refractivity contribution in [3.63, 3.8) is 0 Å². The van der Waals surface area contributed by atoms with E-state index in [4.69, 9.17) is 16.3 Å². The number of nitrogens with zero attached hydrogens (tertiary/aromatic N) is 1. The lowest BCUT2D eigenvalue weighted by atomic mass is 10.0. The summed E-state index contributed by atoms with van der Waals surface area (Å²) in [6.45, 7) is 1.05. The Labute approximate surface area is 138 Å². The Morgan fingerprint density at radius 2 is 2.17 bits per heavy atom. The largest absolute Gasteiger partial charge is 0.375 e. The first-order valence-electron chi connectivity index (χ1n) is 7.38. The molecule has 1 N–H and O–H groups in total. The van der Waals surface area contributed by atoms with Gasteiger partial charge in [-0.25, -0.2) is 0 Å². The summed E-state index contributed by atoms with van der Waals surface area (Å²) in [5, 5.41) is 0.0113. The first-order valence-corrected chi connectivity index (χ1v) is 7.76. The molecular formula is C17H17ClN2O3.